The second-order valence-corrected chi connectivity index (χ2v) is 6.03. The fourth-order valence-corrected chi connectivity index (χ4v) is 2.98. The van der Waals surface area contributed by atoms with Gasteiger partial charge in [-0.05, 0) is 51.0 Å². The smallest absolute Gasteiger partial charge is 0.308 e. The van der Waals surface area contributed by atoms with Crippen LogP contribution in [-0.4, -0.2) is 23.2 Å². The van der Waals surface area contributed by atoms with Gasteiger partial charge in [0.15, 0.2) is 0 Å². The molecule has 1 fully saturated rings. The average Bonchev–Trinajstić information content (AvgIpc) is 2.55. The molecule has 1 aromatic carbocycles. The van der Waals surface area contributed by atoms with Crippen LogP contribution in [0.2, 0.25) is 5.02 Å². The van der Waals surface area contributed by atoms with Crippen molar-refractivity contribution in [2.45, 2.75) is 32.7 Å². The molecule has 4 heteroatoms. The minimum absolute atomic E-state index is 0.137. The highest BCUT2D eigenvalue weighted by atomic mass is 35.5. The molecule has 0 amide bonds. The summed E-state index contributed by atoms with van der Waals surface area (Å²) in [6.45, 7) is 6.74. The maximum Gasteiger partial charge on any atom is 0.308 e. The molecular weight excluding hydrogens is 250 g/mol. The predicted molar refractivity (Wildman–Crippen MR) is 73.4 cm³/mol. The Morgan fingerprint density at radius 3 is 2.67 bits per heavy atom. The van der Waals surface area contributed by atoms with E-state index in [9.17, 15) is 9.90 Å². The monoisotopic (exact) mass is 267 g/mol. The Kier molecular flexibility index (Phi) is 3.28. The number of carbonyl (C=O) groups is 1. The zero-order valence-corrected chi connectivity index (χ0v) is 11.7. The van der Waals surface area contributed by atoms with Crippen LogP contribution in [0.1, 0.15) is 25.8 Å². The van der Waals surface area contributed by atoms with Gasteiger partial charge >= 0.3 is 5.97 Å². The number of hydrogen-bond donors (Lipinski definition) is 1. The van der Waals surface area contributed by atoms with Gasteiger partial charge in [-0.1, -0.05) is 11.6 Å². The molecule has 18 heavy (non-hydrogen) atoms. The number of aliphatic carboxylic acids is 1. The molecule has 1 saturated heterocycles. The van der Waals surface area contributed by atoms with Crippen LogP contribution >= 0.6 is 11.6 Å². The van der Waals surface area contributed by atoms with Crippen LogP contribution < -0.4 is 4.90 Å². The van der Waals surface area contributed by atoms with Crippen molar-refractivity contribution in [2.75, 3.05) is 11.4 Å². The topological polar surface area (TPSA) is 40.5 Å². The van der Waals surface area contributed by atoms with Gasteiger partial charge in [-0.15, -0.1) is 0 Å². The van der Waals surface area contributed by atoms with E-state index in [1.54, 1.807) is 0 Å². The van der Waals surface area contributed by atoms with Crippen LogP contribution in [0.4, 0.5) is 5.69 Å². The lowest BCUT2D eigenvalue weighted by Crippen LogP contribution is -2.38. The van der Waals surface area contributed by atoms with Crippen molar-refractivity contribution in [1.82, 2.24) is 0 Å². The van der Waals surface area contributed by atoms with E-state index < -0.39 is 5.97 Å². The van der Waals surface area contributed by atoms with Crippen molar-refractivity contribution in [3.05, 3.63) is 28.8 Å². The first-order chi connectivity index (χ1) is 8.31. The summed E-state index contributed by atoms with van der Waals surface area (Å²) >= 11 is 5.96. The van der Waals surface area contributed by atoms with Gasteiger partial charge in [0.1, 0.15) is 0 Å². The summed E-state index contributed by atoms with van der Waals surface area (Å²) in [6.07, 6.45) is 0.671. The first-order valence-electron chi connectivity index (χ1n) is 6.08. The minimum atomic E-state index is -0.711. The highest BCUT2D eigenvalue weighted by Gasteiger charge is 2.41. The molecule has 0 aliphatic carbocycles. The molecule has 0 radical (unpaired) electrons. The molecule has 1 aliphatic rings. The Labute approximate surface area is 112 Å². The Bertz CT molecular complexity index is 485. The van der Waals surface area contributed by atoms with E-state index in [0.29, 0.717) is 18.0 Å². The molecule has 1 aromatic rings. The van der Waals surface area contributed by atoms with Crippen molar-refractivity contribution in [2.24, 2.45) is 5.92 Å². The number of rotatable bonds is 2. The van der Waals surface area contributed by atoms with E-state index in [0.717, 1.165) is 11.3 Å². The summed E-state index contributed by atoms with van der Waals surface area (Å²) in [5.74, 6) is -1.01. The first-order valence-corrected chi connectivity index (χ1v) is 6.45. The fraction of sp³-hybridized carbons (Fsp3) is 0.500. The van der Waals surface area contributed by atoms with Gasteiger partial charge in [-0.3, -0.25) is 4.79 Å². The first kappa shape index (κ1) is 13.2. The SMILES string of the molecule is Cc1cc(Cl)ccc1N1CC(C(=O)O)CC1(C)C. The van der Waals surface area contributed by atoms with Crippen molar-refractivity contribution in [3.8, 4) is 0 Å². The van der Waals surface area contributed by atoms with Crippen LogP contribution in [0.15, 0.2) is 18.2 Å². The number of aryl methyl sites for hydroxylation is 1. The third kappa shape index (κ3) is 2.32. The van der Waals surface area contributed by atoms with Crippen molar-refractivity contribution < 1.29 is 9.90 Å². The van der Waals surface area contributed by atoms with E-state index >= 15 is 0 Å². The standard InChI is InChI=1S/C14H18ClNO2/c1-9-6-11(15)4-5-12(9)16-8-10(13(17)18)7-14(16,2)3/h4-6,10H,7-8H2,1-3H3,(H,17,18). The zero-order valence-electron chi connectivity index (χ0n) is 10.9. The molecular formula is C14H18ClNO2. The Hall–Kier alpha value is -1.22. The Morgan fingerprint density at radius 1 is 1.50 bits per heavy atom. The molecule has 2 rings (SSSR count). The summed E-state index contributed by atoms with van der Waals surface area (Å²) in [7, 11) is 0. The van der Waals surface area contributed by atoms with Gasteiger partial charge in [-0.2, -0.15) is 0 Å². The highest BCUT2D eigenvalue weighted by Crippen LogP contribution is 2.38. The second-order valence-electron chi connectivity index (χ2n) is 5.59. The van der Waals surface area contributed by atoms with Crippen molar-refractivity contribution >= 4 is 23.3 Å². The van der Waals surface area contributed by atoms with Gasteiger partial charge in [-0.25, -0.2) is 0 Å². The molecule has 1 heterocycles. The summed E-state index contributed by atoms with van der Waals surface area (Å²) in [5.41, 5.74) is 2.02. The average molecular weight is 268 g/mol. The van der Waals surface area contributed by atoms with E-state index in [2.05, 4.69) is 18.7 Å². The molecule has 1 N–H and O–H groups in total. The molecule has 0 bridgehead atoms. The molecule has 0 saturated carbocycles. The van der Waals surface area contributed by atoms with Crippen molar-refractivity contribution in [1.29, 1.82) is 0 Å². The van der Waals surface area contributed by atoms with E-state index in [4.69, 9.17) is 11.6 Å². The molecule has 1 unspecified atom stereocenters. The maximum atomic E-state index is 11.2. The third-order valence-electron chi connectivity index (χ3n) is 3.68. The maximum absolute atomic E-state index is 11.2. The fourth-order valence-electron chi connectivity index (χ4n) is 2.76. The number of anilines is 1. The quantitative estimate of drug-likeness (QED) is 0.893. The van der Waals surface area contributed by atoms with E-state index in [1.165, 1.54) is 0 Å². The zero-order chi connectivity index (χ0) is 13.5. The molecule has 1 atom stereocenters. The third-order valence-corrected chi connectivity index (χ3v) is 3.91. The largest absolute Gasteiger partial charge is 0.481 e. The van der Waals surface area contributed by atoms with Crippen LogP contribution in [0.3, 0.4) is 0 Å². The number of benzene rings is 1. The molecule has 3 nitrogen and oxygen atoms in total. The van der Waals surface area contributed by atoms with Gasteiger partial charge < -0.3 is 10.0 Å². The summed E-state index contributed by atoms with van der Waals surface area (Å²) in [6, 6.07) is 5.75. The number of halogens is 1. The number of hydrogen-bond acceptors (Lipinski definition) is 2. The highest BCUT2D eigenvalue weighted by molar-refractivity contribution is 6.30. The molecule has 0 aromatic heterocycles. The summed E-state index contributed by atoms with van der Waals surface area (Å²) in [4.78, 5) is 13.3. The predicted octanol–water partition coefficient (Wildman–Crippen LogP) is 3.34. The Balaban J connectivity index is 2.35. The van der Waals surface area contributed by atoms with Gasteiger partial charge in [0.05, 0.1) is 5.92 Å². The number of nitrogens with zero attached hydrogens (tertiary/aromatic N) is 1. The van der Waals surface area contributed by atoms with Crippen molar-refractivity contribution in [3.63, 3.8) is 0 Å². The van der Waals surface area contributed by atoms with Gasteiger partial charge in [0.25, 0.3) is 0 Å². The van der Waals surface area contributed by atoms with Crippen LogP contribution in [-0.2, 0) is 4.79 Å². The Morgan fingerprint density at radius 2 is 2.17 bits per heavy atom. The lowest BCUT2D eigenvalue weighted by molar-refractivity contribution is -0.141. The molecule has 0 spiro atoms. The van der Waals surface area contributed by atoms with Crippen LogP contribution in [0.25, 0.3) is 0 Å². The van der Waals surface area contributed by atoms with E-state index in [1.807, 2.05) is 25.1 Å². The molecule has 98 valence electrons. The van der Waals surface area contributed by atoms with Gasteiger partial charge in [0, 0.05) is 22.8 Å². The molecule has 1 aliphatic heterocycles. The lowest BCUT2D eigenvalue weighted by atomic mass is 9.96. The summed E-state index contributed by atoms with van der Waals surface area (Å²) < 4.78 is 0. The van der Waals surface area contributed by atoms with E-state index in [-0.39, 0.29) is 11.5 Å². The van der Waals surface area contributed by atoms with Crippen LogP contribution in [0.5, 0.6) is 0 Å². The van der Waals surface area contributed by atoms with Crippen LogP contribution in [0, 0.1) is 12.8 Å². The second kappa shape index (κ2) is 4.47. The number of carboxylic acid groups (broad SMARTS) is 1. The summed E-state index contributed by atoms with van der Waals surface area (Å²) in [5, 5.41) is 9.89. The minimum Gasteiger partial charge on any atom is -0.481 e. The normalized spacial score (nSPS) is 22.2. The van der Waals surface area contributed by atoms with Gasteiger partial charge in [0.2, 0.25) is 0 Å². The lowest BCUT2D eigenvalue weighted by Gasteiger charge is -2.34. The number of carboxylic acids is 1.